The fourth-order valence-corrected chi connectivity index (χ4v) is 1.21. The van der Waals surface area contributed by atoms with Crippen molar-refractivity contribution in [1.29, 1.82) is 0 Å². The summed E-state index contributed by atoms with van der Waals surface area (Å²) in [5, 5.41) is 4.36. The standard InChI is InChI=1S/C9H16N2.C2H6/c1-4-5-6-11-9(3)7-8(2)10-11;1-2/h7H,4-6H2,1-3H3;1-2H3. The Labute approximate surface area is 82.0 Å². The molecule has 0 aliphatic heterocycles. The summed E-state index contributed by atoms with van der Waals surface area (Å²) in [6.07, 6.45) is 2.46. The number of aromatic nitrogens is 2. The van der Waals surface area contributed by atoms with Crippen molar-refractivity contribution in [2.24, 2.45) is 0 Å². The molecule has 0 amide bonds. The average molecular weight is 182 g/mol. The van der Waals surface area contributed by atoms with E-state index in [1.807, 2.05) is 20.8 Å². The number of hydrogen-bond donors (Lipinski definition) is 0. The van der Waals surface area contributed by atoms with E-state index in [0.29, 0.717) is 0 Å². The van der Waals surface area contributed by atoms with E-state index in [1.54, 1.807) is 0 Å². The SMILES string of the molecule is CC.CCCCn1nc(C)cc1C. The van der Waals surface area contributed by atoms with Crippen molar-refractivity contribution in [1.82, 2.24) is 9.78 Å². The molecule has 0 aliphatic rings. The molecule has 0 saturated heterocycles. The minimum atomic E-state index is 1.07. The third-order valence-corrected chi connectivity index (χ3v) is 1.83. The van der Waals surface area contributed by atoms with Gasteiger partial charge in [-0.25, -0.2) is 0 Å². The number of rotatable bonds is 3. The van der Waals surface area contributed by atoms with Gasteiger partial charge in [0, 0.05) is 12.2 Å². The molecule has 2 heteroatoms. The molecule has 1 heterocycles. The van der Waals surface area contributed by atoms with Gasteiger partial charge in [-0.2, -0.15) is 5.10 Å². The van der Waals surface area contributed by atoms with Gasteiger partial charge in [0.15, 0.2) is 0 Å². The van der Waals surface area contributed by atoms with Gasteiger partial charge in [-0.05, 0) is 26.3 Å². The number of nitrogens with zero attached hydrogens (tertiary/aromatic N) is 2. The molecule has 1 aromatic heterocycles. The molecule has 0 unspecified atom stereocenters. The van der Waals surface area contributed by atoms with E-state index >= 15 is 0 Å². The van der Waals surface area contributed by atoms with Gasteiger partial charge in [-0.3, -0.25) is 4.68 Å². The summed E-state index contributed by atoms with van der Waals surface area (Å²) in [6.45, 7) is 11.4. The zero-order valence-corrected chi connectivity index (χ0v) is 9.59. The highest BCUT2D eigenvalue weighted by atomic mass is 15.3. The first kappa shape index (κ1) is 12.2. The first-order valence-corrected chi connectivity index (χ1v) is 5.25. The Morgan fingerprint density at radius 1 is 1.31 bits per heavy atom. The van der Waals surface area contributed by atoms with Crippen LogP contribution in [0.1, 0.15) is 45.0 Å². The van der Waals surface area contributed by atoms with Crippen LogP contribution in [0.3, 0.4) is 0 Å². The van der Waals surface area contributed by atoms with Gasteiger partial charge in [0.25, 0.3) is 0 Å². The first-order valence-electron chi connectivity index (χ1n) is 5.25. The molecule has 0 fully saturated rings. The van der Waals surface area contributed by atoms with Gasteiger partial charge in [-0.1, -0.05) is 27.2 Å². The Balaban J connectivity index is 0.000000671. The quantitative estimate of drug-likeness (QED) is 0.701. The zero-order valence-electron chi connectivity index (χ0n) is 9.59. The fourth-order valence-electron chi connectivity index (χ4n) is 1.21. The van der Waals surface area contributed by atoms with Crippen LogP contribution in [0.4, 0.5) is 0 Å². The Hall–Kier alpha value is -0.790. The van der Waals surface area contributed by atoms with Crippen LogP contribution in [0.2, 0.25) is 0 Å². The van der Waals surface area contributed by atoms with Gasteiger partial charge in [0.1, 0.15) is 0 Å². The van der Waals surface area contributed by atoms with Crippen molar-refractivity contribution in [3.63, 3.8) is 0 Å². The maximum atomic E-state index is 4.36. The normalized spacial score (nSPS) is 9.31. The average Bonchev–Trinajstić information content (AvgIpc) is 2.45. The topological polar surface area (TPSA) is 17.8 Å². The molecule has 1 aromatic rings. The van der Waals surface area contributed by atoms with Crippen molar-refractivity contribution >= 4 is 0 Å². The molecular weight excluding hydrogens is 160 g/mol. The predicted molar refractivity (Wildman–Crippen MR) is 58.0 cm³/mol. The molecule has 0 bridgehead atoms. The number of aryl methyl sites for hydroxylation is 3. The zero-order chi connectivity index (χ0) is 10.3. The van der Waals surface area contributed by atoms with E-state index in [1.165, 1.54) is 18.5 Å². The first-order chi connectivity index (χ1) is 6.24. The van der Waals surface area contributed by atoms with E-state index in [0.717, 1.165) is 12.2 Å². The van der Waals surface area contributed by atoms with Gasteiger partial charge < -0.3 is 0 Å². The summed E-state index contributed by atoms with van der Waals surface area (Å²) >= 11 is 0. The second kappa shape index (κ2) is 6.70. The van der Waals surface area contributed by atoms with E-state index in [4.69, 9.17) is 0 Å². The van der Waals surface area contributed by atoms with Crippen molar-refractivity contribution in [3.05, 3.63) is 17.5 Å². The van der Waals surface area contributed by atoms with E-state index in [2.05, 4.69) is 29.7 Å². The third-order valence-electron chi connectivity index (χ3n) is 1.83. The summed E-state index contributed by atoms with van der Waals surface area (Å²) in [5.41, 5.74) is 2.40. The Kier molecular flexibility index (Phi) is 6.29. The minimum Gasteiger partial charge on any atom is -0.270 e. The molecule has 0 N–H and O–H groups in total. The Bertz CT molecular complexity index is 226. The van der Waals surface area contributed by atoms with Gasteiger partial charge in [-0.15, -0.1) is 0 Å². The van der Waals surface area contributed by atoms with Crippen molar-refractivity contribution in [3.8, 4) is 0 Å². The largest absolute Gasteiger partial charge is 0.270 e. The molecule has 0 atom stereocenters. The van der Waals surface area contributed by atoms with E-state index < -0.39 is 0 Å². The Morgan fingerprint density at radius 2 is 1.92 bits per heavy atom. The lowest BCUT2D eigenvalue weighted by atomic mass is 10.3. The molecule has 1 rings (SSSR count). The van der Waals surface area contributed by atoms with Crippen LogP contribution in [0, 0.1) is 13.8 Å². The Morgan fingerprint density at radius 3 is 2.31 bits per heavy atom. The number of hydrogen-bond acceptors (Lipinski definition) is 1. The lowest BCUT2D eigenvalue weighted by Gasteiger charge is -2.00. The smallest absolute Gasteiger partial charge is 0.0596 e. The van der Waals surface area contributed by atoms with Crippen LogP contribution in [-0.2, 0) is 6.54 Å². The third kappa shape index (κ3) is 4.11. The summed E-state index contributed by atoms with van der Waals surface area (Å²) in [4.78, 5) is 0. The molecule has 2 nitrogen and oxygen atoms in total. The molecule has 0 radical (unpaired) electrons. The maximum Gasteiger partial charge on any atom is 0.0596 e. The van der Waals surface area contributed by atoms with Crippen LogP contribution in [0.15, 0.2) is 6.07 Å². The molecule has 0 aliphatic carbocycles. The van der Waals surface area contributed by atoms with Crippen LogP contribution in [0.5, 0.6) is 0 Å². The molecule has 13 heavy (non-hydrogen) atoms. The van der Waals surface area contributed by atoms with Crippen molar-refractivity contribution < 1.29 is 0 Å². The highest BCUT2D eigenvalue weighted by Crippen LogP contribution is 2.03. The molecule has 76 valence electrons. The van der Waals surface area contributed by atoms with Crippen LogP contribution in [0.25, 0.3) is 0 Å². The summed E-state index contributed by atoms with van der Waals surface area (Å²) in [6, 6.07) is 2.12. The lowest BCUT2D eigenvalue weighted by Crippen LogP contribution is -2.01. The molecule has 0 saturated carbocycles. The summed E-state index contributed by atoms with van der Waals surface area (Å²) in [7, 11) is 0. The summed E-state index contributed by atoms with van der Waals surface area (Å²) < 4.78 is 2.08. The van der Waals surface area contributed by atoms with E-state index in [9.17, 15) is 0 Å². The van der Waals surface area contributed by atoms with Crippen molar-refractivity contribution in [2.75, 3.05) is 0 Å². The maximum absolute atomic E-state index is 4.36. The highest BCUT2D eigenvalue weighted by molar-refractivity contribution is 5.06. The summed E-state index contributed by atoms with van der Waals surface area (Å²) in [5.74, 6) is 0. The van der Waals surface area contributed by atoms with Crippen LogP contribution < -0.4 is 0 Å². The molecular formula is C11H22N2. The van der Waals surface area contributed by atoms with E-state index in [-0.39, 0.29) is 0 Å². The van der Waals surface area contributed by atoms with Gasteiger partial charge in [0.2, 0.25) is 0 Å². The van der Waals surface area contributed by atoms with Crippen LogP contribution in [-0.4, -0.2) is 9.78 Å². The minimum absolute atomic E-state index is 1.07. The number of unbranched alkanes of at least 4 members (excludes halogenated alkanes) is 1. The fraction of sp³-hybridized carbons (Fsp3) is 0.727. The van der Waals surface area contributed by atoms with Gasteiger partial charge >= 0.3 is 0 Å². The lowest BCUT2D eigenvalue weighted by molar-refractivity contribution is 0.556. The highest BCUT2D eigenvalue weighted by Gasteiger charge is 1.98. The van der Waals surface area contributed by atoms with Crippen LogP contribution >= 0.6 is 0 Å². The van der Waals surface area contributed by atoms with Gasteiger partial charge in [0.05, 0.1) is 5.69 Å². The second-order valence-electron chi connectivity index (χ2n) is 3.00. The molecule has 0 aromatic carbocycles. The monoisotopic (exact) mass is 182 g/mol. The predicted octanol–water partition coefficient (Wildman–Crippen LogP) is 3.33. The second-order valence-corrected chi connectivity index (χ2v) is 3.00. The van der Waals surface area contributed by atoms with Crippen molar-refractivity contribution in [2.45, 2.75) is 54.0 Å². The molecule has 0 spiro atoms.